The highest BCUT2D eigenvalue weighted by atomic mass is 16.3. The van der Waals surface area contributed by atoms with Crippen LogP contribution < -0.4 is 16.4 Å². The van der Waals surface area contributed by atoms with Crippen molar-refractivity contribution in [3.8, 4) is 0 Å². The molecule has 0 bridgehead atoms. The topological polar surface area (TPSA) is 125 Å². The molecular formula is C7H15N3O4. The number of amides is 3. The number of carbonyl (C=O) groups excluding carboxylic acids is 2. The Morgan fingerprint density at radius 3 is 2.50 bits per heavy atom. The molecular weight excluding hydrogens is 190 g/mol. The fraction of sp³-hybridized carbons (Fsp3) is 0.714. The smallest absolute Gasteiger partial charge is 0.312 e. The second kappa shape index (κ2) is 6.17. The van der Waals surface area contributed by atoms with E-state index in [9.17, 15) is 9.59 Å². The predicted molar refractivity (Wildman–Crippen MR) is 48.3 cm³/mol. The molecule has 0 heterocycles. The molecule has 6 N–H and O–H groups in total. The first-order chi connectivity index (χ1) is 6.47. The van der Waals surface area contributed by atoms with E-state index in [1.165, 1.54) is 6.92 Å². The van der Waals surface area contributed by atoms with E-state index < -0.39 is 30.7 Å². The molecule has 7 heteroatoms. The first kappa shape index (κ1) is 12.7. The quantitative estimate of drug-likeness (QED) is 0.340. The minimum atomic E-state index is -1.00. The van der Waals surface area contributed by atoms with Gasteiger partial charge in [0.05, 0.1) is 12.7 Å². The zero-order chi connectivity index (χ0) is 11.1. The van der Waals surface area contributed by atoms with Crippen LogP contribution in [0.25, 0.3) is 0 Å². The van der Waals surface area contributed by atoms with Crippen molar-refractivity contribution in [2.45, 2.75) is 19.1 Å². The first-order valence-corrected chi connectivity index (χ1v) is 4.10. The van der Waals surface area contributed by atoms with Gasteiger partial charge in [0, 0.05) is 6.54 Å². The van der Waals surface area contributed by atoms with Crippen molar-refractivity contribution in [2.24, 2.45) is 5.73 Å². The van der Waals surface area contributed by atoms with Crippen LogP contribution in [-0.4, -0.2) is 47.4 Å². The Morgan fingerprint density at radius 1 is 1.50 bits per heavy atom. The molecule has 82 valence electrons. The second-order valence-corrected chi connectivity index (χ2v) is 2.81. The molecule has 0 aromatic carbocycles. The molecule has 7 nitrogen and oxygen atoms in total. The average Bonchev–Trinajstić information content (AvgIpc) is 2.12. The van der Waals surface area contributed by atoms with Gasteiger partial charge in [-0.15, -0.1) is 0 Å². The van der Waals surface area contributed by atoms with Gasteiger partial charge in [-0.3, -0.25) is 4.79 Å². The summed E-state index contributed by atoms with van der Waals surface area (Å²) in [7, 11) is 0. The van der Waals surface area contributed by atoms with Crippen LogP contribution in [0.5, 0.6) is 0 Å². The summed E-state index contributed by atoms with van der Waals surface area (Å²) in [5.74, 6) is -0.476. The molecule has 0 aromatic heterocycles. The summed E-state index contributed by atoms with van der Waals surface area (Å²) < 4.78 is 0. The number of rotatable bonds is 5. The molecule has 0 saturated carbocycles. The lowest BCUT2D eigenvalue weighted by atomic mass is 10.3. The van der Waals surface area contributed by atoms with Crippen LogP contribution in [0.2, 0.25) is 0 Å². The van der Waals surface area contributed by atoms with Gasteiger partial charge in [-0.05, 0) is 6.92 Å². The van der Waals surface area contributed by atoms with E-state index in [0.29, 0.717) is 0 Å². The molecule has 0 aromatic rings. The molecule has 2 atom stereocenters. The van der Waals surface area contributed by atoms with Gasteiger partial charge in [0.15, 0.2) is 0 Å². The van der Waals surface area contributed by atoms with Crippen molar-refractivity contribution in [3.05, 3.63) is 0 Å². The zero-order valence-electron chi connectivity index (χ0n) is 7.86. The van der Waals surface area contributed by atoms with Crippen molar-refractivity contribution < 1.29 is 19.8 Å². The third-order valence-electron chi connectivity index (χ3n) is 1.47. The molecule has 0 aliphatic carbocycles. The highest BCUT2D eigenvalue weighted by Crippen LogP contribution is 1.83. The SMILES string of the molecule is CC(NC(N)=O)C(=O)NCC(O)CO. The lowest BCUT2D eigenvalue weighted by Gasteiger charge is -2.13. The Hall–Kier alpha value is -1.34. The van der Waals surface area contributed by atoms with Crippen molar-refractivity contribution in [2.75, 3.05) is 13.2 Å². The van der Waals surface area contributed by atoms with Crippen LogP contribution >= 0.6 is 0 Å². The van der Waals surface area contributed by atoms with Gasteiger partial charge >= 0.3 is 6.03 Å². The third kappa shape index (κ3) is 5.33. The van der Waals surface area contributed by atoms with Gasteiger partial charge in [0.2, 0.25) is 5.91 Å². The van der Waals surface area contributed by atoms with E-state index in [1.807, 2.05) is 0 Å². The van der Waals surface area contributed by atoms with Crippen molar-refractivity contribution in [1.82, 2.24) is 10.6 Å². The Kier molecular flexibility index (Phi) is 5.58. The average molecular weight is 205 g/mol. The molecule has 0 aliphatic heterocycles. The third-order valence-corrected chi connectivity index (χ3v) is 1.47. The molecule has 0 saturated heterocycles. The standard InChI is InChI=1S/C7H15N3O4/c1-4(10-7(8)14)6(13)9-2-5(12)3-11/h4-5,11-12H,2-3H2,1H3,(H,9,13)(H3,8,10,14). The van der Waals surface area contributed by atoms with Crippen LogP contribution in [-0.2, 0) is 4.79 Å². The molecule has 14 heavy (non-hydrogen) atoms. The van der Waals surface area contributed by atoms with Crippen LogP contribution in [0.15, 0.2) is 0 Å². The molecule has 0 spiro atoms. The Morgan fingerprint density at radius 2 is 2.07 bits per heavy atom. The zero-order valence-corrected chi connectivity index (χ0v) is 7.86. The van der Waals surface area contributed by atoms with E-state index >= 15 is 0 Å². The number of primary amides is 1. The van der Waals surface area contributed by atoms with Gasteiger partial charge in [-0.25, -0.2) is 4.79 Å². The molecule has 0 radical (unpaired) electrons. The van der Waals surface area contributed by atoms with Crippen LogP contribution in [0.3, 0.4) is 0 Å². The highest BCUT2D eigenvalue weighted by Gasteiger charge is 2.14. The maximum atomic E-state index is 11.1. The van der Waals surface area contributed by atoms with E-state index in [0.717, 1.165) is 0 Å². The maximum Gasteiger partial charge on any atom is 0.312 e. The maximum absolute atomic E-state index is 11.1. The van der Waals surface area contributed by atoms with E-state index in [4.69, 9.17) is 15.9 Å². The summed E-state index contributed by atoms with van der Waals surface area (Å²) in [5.41, 5.74) is 4.79. The molecule has 0 rings (SSSR count). The lowest BCUT2D eigenvalue weighted by Crippen LogP contribution is -2.48. The highest BCUT2D eigenvalue weighted by molar-refractivity contribution is 5.86. The number of urea groups is 1. The van der Waals surface area contributed by atoms with Gasteiger partial charge in [0.1, 0.15) is 6.04 Å². The number of hydrogen-bond acceptors (Lipinski definition) is 4. The van der Waals surface area contributed by atoms with Crippen LogP contribution in [0, 0.1) is 0 Å². The summed E-state index contributed by atoms with van der Waals surface area (Å²) in [4.78, 5) is 21.5. The van der Waals surface area contributed by atoms with Gasteiger partial charge < -0.3 is 26.6 Å². The molecule has 0 aliphatic rings. The number of aliphatic hydroxyl groups excluding tert-OH is 2. The summed E-state index contributed by atoms with van der Waals surface area (Å²) >= 11 is 0. The largest absolute Gasteiger partial charge is 0.394 e. The Labute approximate surface area is 81.3 Å². The molecule has 0 fully saturated rings. The predicted octanol–water partition coefficient (Wildman–Crippen LogP) is -2.49. The summed E-state index contributed by atoms with van der Waals surface area (Å²) in [5, 5.41) is 21.8. The number of nitrogens with one attached hydrogen (secondary N) is 2. The molecule has 2 unspecified atom stereocenters. The van der Waals surface area contributed by atoms with E-state index in [2.05, 4.69) is 10.6 Å². The Bertz CT molecular complexity index is 209. The summed E-state index contributed by atoms with van der Waals surface area (Å²) in [6.07, 6.45) is -1.00. The normalized spacial score (nSPS) is 14.2. The molecule has 3 amide bonds. The van der Waals surface area contributed by atoms with Gasteiger partial charge in [0.25, 0.3) is 0 Å². The number of carbonyl (C=O) groups is 2. The van der Waals surface area contributed by atoms with Gasteiger partial charge in [-0.2, -0.15) is 0 Å². The second-order valence-electron chi connectivity index (χ2n) is 2.81. The summed E-state index contributed by atoms with van der Waals surface area (Å²) in [6.45, 7) is 0.948. The van der Waals surface area contributed by atoms with E-state index in [-0.39, 0.29) is 6.54 Å². The Balaban J connectivity index is 3.78. The minimum Gasteiger partial charge on any atom is -0.394 e. The summed E-state index contributed by atoms with van der Waals surface area (Å²) in [6, 6.07) is -1.56. The number of nitrogens with two attached hydrogens (primary N) is 1. The van der Waals surface area contributed by atoms with Crippen molar-refractivity contribution in [1.29, 1.82) is 0 Å². The first-order valence-electron chi connectivity index (χ1n) is 4.10. The lowest BCUT2D eigenvalue weighted by molar-refractivity contribution is -0.123. The monoisotopic (exact) mass is 205 g/mol. The number of aliphatic hydroxyl groups is 2. The van der Waals surface area contributed by atoms with Crippen LogP contribution in [0.1, 0.15) is 6.92 Å². The van der Waals surface area contributed by atoms with Crippen molar-refractivity contribution in [3.63, 3.8) is 0 Å². The number of hydrogen-bond donors (Lipinski definition) is 5. The van der Waals surface area contributed by atoms with Crippen molar-refractivity contribution >= 4 is 11.9 Å². The van der Waals surface area contributed by atoms with Crippen LogP contribution in [0.4, 0.5) is 4.79 Å². The fourth-order valence-electron chi connectivity index (χ4n) is 0.715. The minimum absolute atomic E-state index is 0.0693. The van der Waals surface area contributed by atoms with Gasteiger partial charge in [-0.1, -0.05) is 0 Å². The fourth-order valence-corrected chi connectivity index (χ4v) is 0.715. The van der Waals surface area contributed by atoms with E-state index in [1.54, 1.807) is 0 Å².